The van der Waals surface area contributed by atoms with Crippen LogP contribution in [0.15, 0.2) is 41.6 Å². The largest absolute Gasteiger partial charge is 0.466 e. The Morgan fingerprint density at radius 2 is 2.00 bits per heavy atom. The number of carbonyl (C=O) groups excluding carboxylic acids is 2. The molecule has 0 radical (unpaired) electrons. The first kappa shape index (κ1) is 24.9. The number of hydrogen-bond donors (Lipinski definition) is 1. The number of aromatic nitrogens is 4. The van der Waals surface area contributed by atoms with Crippen LogP contribution in [0.1, 0.15) is 37.3 Å². The highest BCUT2D eigenvalue weighted by Gasteiger charge is 2.30. The number of rotatable bonds is 10. The summed E-state index contributed by atoms with van der Waals surface area (Å²) < 4.78 is 46.3. The Morgan fingerprint density at radius 3 is 2.74 bits per heavy atom. The van der Waals surface area contributed by atoms with Gasteiger partial charge in [0.25, 0.3) is 5.56 Å². The van der Waals surface area contributed by atoms with E-state index in [2.05, 4.69) is 15.4 Å². The van der Waals surface area contributed by atoms with Crippen molar-refractivity contribution < 1.29 is 27.5 Å². The summed E-state index contributed by atoms with van der Waals surface area (Å²) in [7, 11) is 0. The number of halogens is 3. The van der Waals surface area contributed by atoms with Gasteiger partial charge in [0.15, 0.2) is 5.65 Å². The zero-order valence-corrected chi connectivity index (χ0v) is 18.5. The van der Waals surface area contributed by atoms with Crippen LogP contribution in [-0.2, 0) is 33.6 Å². The first-order valence-electron chi connectivity index (χ1n) is 10.7. The van der Waals surface area contributed by atoms with Crippen LogP contribution in [-0.4, -0.2) is 44.4 Å². The van der Waals surface area contributed by atoms with Gasteiger partial charge in [-0.3, -0.25) is 19.0 Å². The van der Waals surface area contributed by atoms with Crippen LogP contribution in [0.2, 0.25) is 0 Å². The van der Waals surface area contributed by atoms with E-state index < -0.39 is 17.3 Å². The van der Waals surface area contributed by atoms with E-state index in [9.17, 15) is 27.6 Å². The SMILES string of the molecule is CCOC(=O)CCCC(=O)NCCn1ncc2c(=O)n(Cc3cccc(C(F)(F)F)c3)cnc21. The predicted molar refractivity (Wildman–Crippen MR) is 116 cm³/mol. The monoisotopic (exact) mass is 479 g/mol. The van der Waals surface area contributed by atoms with Gasteiger partial charge in [0.2, 0.25) is 5.91 Å². The fraction of sp³-hybridized carbons (Fsp3) is 0.409. The Bertz CT molecular complexity index is 1220. The third-order valence-electron chi connectivity index (χ3n) is 4.97. The van der Waals surface area contributed by atoms with Crippen molar-refractivity contribution in [1.29, 1.82) is 0 Å². The Hall–Kier alpha value is -3.70. The van der Waals surface area contributed by atoms with Crippen molar-refractivity contribution in [2.24, 2.45) is 0 Å². The summed E-state index contributed by atoms with van der Waals surface area (Å²) in [5.41, 5.74) is -0.600. The van der Waals surface area contributed by atoms with E-state index in [-0.39, 0.29) is 49.7 Å². The van der Waals surface area contributed by atoms with Gasteiger partial charge in [-0.15, -0.1) is 0 Å². The maximum absolute atomic E-state index is 12.9. The number of fused-ring (bicyclic) bond motifs is 1. The van der Waals surface area contributed by atoms with Crippen LogP contribution in [0, 0.1) is 0 Å². The van der Waals surface area contributed by atoms with Crippen molar-refractivity contribution in [2.75, 3.05) is 13.2 Å². The second kappa shape index (κ2) is 10.9. The lowest BCUT2D eigenvalue weighted by Gasteiger charge is -2.10. The molecule has 0 atom stereocenters. The molecular formula is C22H24F3N5O4. The van der Waals surface area contributed by atoms with E-state index in [1.54, 1.807) is 6.92 Å². The van der Waals surface area contributed by atoms with Crippen molar-refractivity contribution in [3.8, 4) is 0 Å². The van der Waals surface area contributed by atoms with Crippen molar-refractivity contribution in [3.05, 3.63) is 58.3 Å². The summed E-state index contributed by atoms with van der Waals surface area (Å²) in [4.78, 5) is 40.2. The molecule has 0 aliphatic rings. The summed E-state index contributed by atoms with van der Waals surface area (Å²) in [6.45, 7) is 2.44. The van der Waals surface area contributed by atoms with Crippen molar-refractivity contribution in [1.82, 2.24) is 24.6 Å². The molecule has 1 amide bonds. The molecule has 3 rings (SSSR count). The Labute approximate surface area is 192 Å². The maximum atomic E-state index is 12.9. The molecule has 182 valence electrons. The van der Waals surface area contributed by atoms with Crippen LogP contribution >= 0.6 is 0 Å². The molecule has 2 aromatic heterocycles. The molecule has 0 aliphatic heterocycles. The lowest BCUT2D eigenvalue weighted by Crippen LogP contribution is -2.27. The number of hydrogen-bond acceptors (Lipinski definition) is 6. The highest BCUT2D eigenvalue weighted by atomic mass is 19.4. The molecule has 0 saturated heterocycles. The quantitative estimate of drug-likeness (QED) is 0.448. The van der Waals surface area contributed by atoms with Gasteiger partial charge in [0.1, 0.15) is 11.7 Å². The second-order valence-corrected chi connectivity index (χ2v) is 7.49. The molecule has 0 fully saturated rings. The highest BCUT2D eigenvalue weighted by molar-refractivity contribution is 5.77. The van der Waals surface area contributed by atoms with Crippen molar-refractivity contribution in [2.45, 2.75) is 45.5 Å². The molecule has 0 bridgehead atoms. The first-order valence-corrected chi connectivity index (χ1v) is 10.7. The summed E-state index contributed by atoms with van der Waals surface area (Å²) in [5.74, 6) is -0.569. The lowest BCUT2D eigenvalue weighted by molar-refractivity contribution is -0.143. The number of esters is 1. The molecule has 1 N–H and O–H groups in total. The Balaban J connectivity index is 1.59. The molecule has 9 nitrogen and oxygen atoms in total. The van der Waals surface area contributed by atoms with Gasteiger partial charge in [-0.25, -0.2) is 9.67 Å². The van der Waals surface area contributed by atoms with Gasteiger partial charge in [0.05, 0.1) is 31.5 Å². The zero-order chi connectivity index (χ0) is 24.7. The van der Waals surface area contributed by atoms with Gasteiger partial charge >= 0.3 is 12.1 Å². The number of benzene rings is 1. The first-order chi connectivity index (χ1) is 16.2. The summed E-state index contributed by atoms with van der Waals surface area (Å²) in [6, 6.07) is 4.76. The standard InChI is InChI=1S/C22H24F3N5O4/c1-2-34-19(32)8-4-7-18(31)26-9-10-30-20-17(12-28-30)21(33)29(14-27-20)13-15-5-3-6-16(11-15)22(23,24)25/h3,5-6,11-12,14H,2,4,7-10,13H2,1H3,(H,26,31). The van der Waals surface area contributed by atoms with E-state index in [0.717, 1.165) is 12.1 Å². The normalized spacial score (nSPS) is 11.5. The van der Waals surface area contributed by atoms with Gasteiger partial charge in [-0.1, -0.05) is 12.1 Å². The van der Waals surface area contributed by atoms with E-state index >= 15 is 0 Å². The van der Waals surface area contributed by atoms with Crippen molar-refractivity contribution in [3.63, 3.8) is 0 Å². The van der Waals surface area contributed by atoms with E-state index in [0.29, 0.717) is 24.2 Å². The average Bonchev–Trinajstić information content (AvgIpc) is 3.19. The summed E-state index contributed by atoms with van der Waals surface area (Å²) >= 11 is 0. The maximum Gasteiger partial charge on any atom is 0.416 e. The minimum atomic E-state index is -4.47. The third kappa shape index (κ3) is 6.42. The van der Waals surface area contributed by atoms with E-state index in [1.807, 2.05) is 0 Å². The molecule has 0 saturated carbocycles. The van der Waals surface area contributed by atoms with Crippen LogP contribution in [0.25, 0.3) is 11.0 Å². The van der Waals surface area contributed by atoms with Gasteiger partial charge in [-0.05, 0) is 31.0 Å². The van der Waals surface area contributed by atoms with Crippen LogP contribution in [0.3, 0.4) is 0 Å². The molecule has 0 unspecified atom stereocenters. The number of nitrogens with one attached hydrogen (secondary N) is 1. The number of alkyl halides is 3. The fourth-order valence-electron chi connectivity index (χ4n) is 3.33. The minimum absolute atomic E-state index is 0.0707. The van der Waals surface area contributed by atoms with E-state index in [4.69, 9.17) is 4.74 Å². The van der Waals surface area contributed by atoms with Gasteiger partial charge in [-0.2, -0.15) is 18.3 Å². The molecule has 2 heterocycles. The summed E-state index contributed by atoms with van der Waals surface area (Å²) in [5, 5.41) is 7.06. The third-order valence-corrected chi connectivity index (χ3v) is 4.97. The smallest absolute Gasteiger partial charge is 0.416 e. The summed E-state index contributed by atoms with van der Waals surface area (Å²) in [6.07, 6.45) is -1.15. The van der Waals surface area contributed by atoms with Gasteiger partial charge in [0, 0.05) is 19.4 Å². The lowest BCUT2D eigenvalue weighted by atomic mass is 10.1. The minimum Gasteiger partial charge on any atom is -0.466 e. The average molecular weight is 479 g/mol. The molecule has 12 heteroatoms. The zero-order valence-electron chi connectivity index (χ0n) is 18.5. The van der Waals surface area contributed by atoms with E-state index in [1.165, 1.54) is 33.9 Å². The molecule has 1 aromatic carbocycles. The Morgan fingerprint density at radius 1 is 1.21 bits per heavy atom. The number of amides is 1. The highest BCUT2D eigenvalue weighted by Crippen LogP contribution is 2.29. The number of carbonyl (C=O) groups is 2. The fourth-order valence-corrected chi connectivity index (χ4v) is 3.33. The number of ether oxygens (including phenoxy) is 1. The van der Waals surface area contributed by atoms with Gasteiger partial charge < -0.3 is 10.1 Å². The predicted octanol–water partition coefficient (Wildman–Crippen LogP) is 2.51. The molecule has 34 heavy (non-hydrogen) atoms. The van der Waals surface area contributed by atoms with Crippen LogP contribution < -0.4 is 10.9 Å². The molecule has 0 aliphatic carbocycles. The number of nitrogens with zero attached hydrogens (tertiary/aromatic N) is 4. The van der Waals surface area contributed by atoms with Crippen LogP contribution in [0.5, 0.6) is 0 Å². The topological polar surface area (TPSA) is 108 Å². The van der Waals surface area contributed by atoms with Crippen LogP contribution in [0.4, 0.5) is 13.2 Å². The molecular weight excluding hydrogens is 455 g/mol. The van der Waals surface area contributed by atoms with Crippen molar-refractivity contribution >= 4 is 22.9 Å². The molecule has 3 aromatic rings. The molecule has 0 spiro atoms. The Kier molecular flexibility index (Phi) is 8.03. The second-order valence-electron chi connectivity index (χ2n) is 7.49.